The van der Waals surface area contributed by atoms with Gasteiger partial charge in [0.25, 0.3) is 5.91 Å². The van der Waals surface area contributed by atoms with Gasteiger partial charge in [0.1, 0.15) is 11.4 Å². The third kappa shape index (κ3) is 5.33. The van der Waals surface area contributed by atoms with E-state index in [-0.39, 0.29) is 17.8 Å². The van der Waals surface area contributed by atoms with Gasteiger partial charge in [-0.3, -0.25) is 10.1 Å². The number of hydrogen-bond acceptors (Lipinski definition) is 8. The summed E-state index contributed by atoms with van der Waals surface area (Å²) >= 11 is 2.90. The third-order valence-electron chi connectivity index (χ3n) is 4.61. The summed E-state index contributed by atoms with van der Waals surface area (Å²) in [5, 5.41) is 4.17. The molecule has 0 aliphatic carbocycles. The summed E-state index contributed by atoms with van der Waals surface area (Å²) in [6, 6.07) is 3.44. The SMILES string of the molecule is Cn1ccnc1SCc1ccc(C(=O)Nc2nc3c(s2)CN(C(=O)OC(C)(C)C)CC3)o1. The van der Waals surface area contributed by atoms with Gasteiger partial charge in [-0.05, 0) is 32.9 Å². The molecule has 0 radical (unpaired) electrons. The van der Waals surface area contributed by atoms with Crippen molar-refractivity contribution in [2.24, 2.45) is 7.05 Å². The van der Waals surface area contributed by atoms with Gasteiger partial charge in [0.15, 0.2) is 16.0 Å². The number of thiazole rings is 1. The molecule has 1 aliphatic heterocycles. The molecule has 0 spiro atoms. The lowest BCUT2D eigenvalue weighted by Crippen LogP contribution is -2.39. The van der Waals surface area contributed by atoms with Gasteiger partial charge in [-0.1, -0.05) is 23.1 Å². The molecule has 2 amide bonds. The Kier molecular flexibility index (Phi) is 6.29. The number of ether oxygens (including phenoxy) is 1. The van der Waals surface area contributed by atoms with Crippen molar-refractivity contribution in [1.29, 1.82) is 0 Å². The van der Waals surface area contributed by atoms with Crippen molar-refractivity contribution >= 4 is 40.2 Å². The van der Waals surface area contributed by atoms with Crippen LogP contribution in [0.3, 0.4) is 0 Å². The van der Waals surface area contributed by atoms with E-state index in [2.05, 4.69) is 15.3 Å². The standard InChI is InChI=1S/C21H25N5O4S2/c1-21(2,3)30-20(28)26-9-7-14-16(11-26)32-18(23-14)24-17(27)15-6-5-13(29-15)12-31-19-22-8-10-25(19)4/h5-6,8,10H,7,9,11-12H2,1-4H3,(H,23,24,27). The highest BCUT2D eigenvalue weighted by Gasteiger charge is 2.28. The predicted octanol–water partition coefficient (Wildman–Crippen LogP) is 4.31. The van der Waals surface area contributed by atoms with Gasteiger partial charge in [0, 0.05) is 37.3 Å². The van der Waals surface area contributed by atoms with Crippen LogP contribution in [0.4, 0.5) is 9.93 Å². The molecule has 0 saturated heterocycles. The molecule has 0 fully saturated rings. The fourth-order valence-electron chi connectivity index (χ4n) is 3.09. The molecule has 0 aromatic carbocycles. The minimum absolute atomic E-state index is 0.226. The van der Waals surface area contributed by atoms with Crippen LogP contribution in [0.2, 0.25) is 0 Å². The van der Waals surface area contributed by atoms with Crippen LogP contribution in [-0.2, 0) is 30.5 Å². The van der Waals surface area contributed by atoms with Gasteiger partial charge in [-0.15, -0.1) is 0 Å². The molecule has 11 heteroatoms. The highest BCUT2D eigenvalue weighted by Crippen LogP contribution is 2.30. The van der Waals surface area contributed by atoms with E-state index < -0.39 is 5.60 Å². The molecule has 170 valence electrons. The fourth-order valence-corrected chi connectivity index (χ4v) is 4.94. The Bertz CT molecular complexity index is 1130. The van der Waals surface area contributed by atoms with Crippen LogP contribution in [-0.4, -0.2) is 43.6 Å². The lowest BCUT2D eigenvalue weighted by atomic mass is 10.2. The van der Waals surface area contributed by atoms with E-state index in [0.29, 0.717) is 36.2 Å². The number of carbonyl (C=O) groups is 2. The van der Waals surface area contributed by atoms with Crippen LogP contribution < -0.4 is 5.32 Å². The highest BCUT2D eigenvalue weighted by molar-refractivity contribution is 7.98. The number of furan rings is 1. The van der Waals surface area contributed by atoms with E-state index in [1.165, 1.54) is 23.1 Å². The number of anilines is 1. The zero-order valence-electron chi connectivity index (χ0n) is 18.4. The Morgan fingerprint density at radius 1 is 1.34 bits per heavy atom. The van der Waals surface area contributed by atoms with E-state index in [9.17, 15) is 9.59 Å². The van der Waals surface area contributed by atoms with E-state index in [1.54, 1.807) is 23.2 Å². The molecule has 0 unspecified atom stereocenters. The molecule has 1 N–H and O–H groups in total. The molecular formula is C21H25N5O4S2. The Balaban J connectivity index is 1.35. The molecule has 1 aliphatic rings. The third-order valence-corrected chi connectivity index (χ3v) is 6.69. The van der Waals surface area contributed by atoms with E-state index in [0.717, 1.165) is 15.7 Å². The number of thioether (sulfide) groups is 1. The topological polar surface area (TPSA) is 102 Å². The van der Waals surface area contributed by atoms with Gasteiger partial charge in [-0.25, -0.2) is 14.8 Å². The first-order valence-corrected chi connectivity index (χ1v) is 11.9. The fraction of sp³-hybridized carbons (Fsp3) is 0.429. The number of imidazole rings is 1. The second-order valence-corrected chi connectivity index (χ2v) is 10.4. The largest absolute Gasteiger partial charge is 0.455 e. The molecule has 0 saturated carbocycles. The summed E-state index contributed by atoms with van der Waals surface area (Å²) in [6.45, 7) is 6.50. The van der Waals surface area contributed by atoms with E-state index in [1.807, 2.05) is 38.6 Å². The first-order valence-electron chi connectivity index (χ1n) is 10.1. The average Bonchev–Trinajstić information content (AvgIpc) is 3.43. The van der Waals surface area contributed by atoms with E-state index in [4.69, 9.17) is 9.15 Å². The normalized spacial score (nSPS) is 13.7. The number of carbonyl (C=O) groups excluding carboxylic acids is 2. The maximum Gasteiger partial charge on any atom is 0.410 e. The molecule has 0 atom stereocenters. The minimum Gasteiger partial charge on any atom is -0.455 e. The Morgan fingerprint density at radius 3 is 2.88 bits per heavy atom. The van der Waals surface area contributed by atoms with Gasteiger partial charge in [0.2, 0.25) is 0 Å². The molecule has 4 heterocycles. The van der Waals surface area contributed by atoms with Crippen molar-refractivity contribution in [2.45, 2.75) is 50.2 Å². The molecule has 0 bridgehead atoms. The Hall–Kier alpha value is -2.79. The molecule has 4 rings (SSSR count). The van der Waals surface area contributed by atoms with Crippen LogP contribution in [0, 0.1) is 0 Å². The molecule has 32 heavy (non-hydrogen) atoms. The monoisotopic (exact) mass is 475 g/mol. The van der Waals surface area contributed by atoms with Crippen LogP contribution >= 0.6 is 23.1 Å². The number of amides is 2. The van der Waals surface area contributed by atoms with Crippen molar-refractivity contribution in [3.8, 4) is 0 Å². The second kappa shape index (κ2) is 8.99. The number of nitrogens with one attached hydrogen (secondary N) is 1. The quantitative estimate of drug-likeness (QED) is 0.549. The number of fused-ring (bicyclic) bond motifs is 1. The van der Waals surface area contributed by atoms with Crippen LogP contribution in [0.5, 0.6) is 0 Å². The van der Waals surface area contributed by atoms with Crippen molar-refractivity contribution in [1.82, 2.24) is 19.4 Å². The van der Waals surface area contributed by atoms with Crippen LogP contribution in [0.25, 0.3) is 0 Å². The Morgan fingerprint density at radius 2 is 2.16 bits per heavy atom. The number of hydrogen-bond donors (Lipinski definition) is 1. The van der Waals surface area contributed by atoms with Gasteiger partial charge >= 0.3 is 6.09 Å². The van der Waals surface area contributed by atoms with Crippen molar-refractivity contribution in [3.05, 3.63) is 46.6 Å². The summed E-state index contributed by atoms with van der Waals surface area (Å²) in [6.07, 6.45) is 3.90. The molecule has 3 aromatic rings. The molecular weight excluding hydrogens is 450 g/mol. The summed E-state index contributed by atoms with van der Waals surface area (Å²) in [4.78, 5) is 36.3. The summed E-state index contributed by atoms with van der Waals surface area (Å²) in [5.41, 5.74) is 0.360. The number of rotatable bonds is 5. The average molecular weight is 476 g/mol. The Labute approximate surface area is 194 Å². The van der Waals surface area contributed by atoms with Crippen molar-refractivity contribution in [3.63, 3.8) is 0 Å². The van der Waals surface area contributed by atoms with Gasteiger partial charge < -0.3 is 18.6 Å². The lowest BCUT2D eigenvalue weighted by Gasteiger charge is -2.29. The van der Waals surface area contributed by atoms with Crippen molar-refractivity contribution in [2.75, 3.05) is 11.9 Å². The van der Waals surface area contributed by atoms with E-state index >= 15 is 0 Å². The highest BCUT2D eigenvalue weighted by atomic mass is 32.2. The summed E-state index contributed by atoms with van der Waals surface area (Å²) < 4.78 is 13.1. The van der Waals surface area contributed by atoms with Gasteiger partial charge in [0.05, 0.1) is 18.0 Å². The second-order valence-electron chi connectivity index (χ2n) is 8.37. The first-order chi connectivity index (χ1) is 15.2. The van der Waals surface area contributed by atoms with Crippen molar-refractivity contribution < 1.29 is 18.7 Å². The number of aryl methyl sites for hydroxylation is 1. The number of nitrogens with zero attached hydrogens (tertiary/aromatic N) is 4. The maximum atomic E-state index is 12.6. The first kappa shape index (κ1) is 22.4. The summed E-state index contributed by atoms with van der Waals surface area (Å²) in [7, 11) is 1.93. The molecule has 9 nitrogen and oxygen atoms in total. The molecule has 3 aromatic heterocycles. The van der Waals surface area contributed by atoms with Crippen LogP contribution in [0.15, 0.2) is 34.1 Å². The lowest BCUT2D eigenvalue weighted by molar-refractivity contribution is 0.0225. The summed E-state index contributed by atoms with van der Waals surface area (Å²) in [5.74, 6) is 1.14. The van der Waals surface area contributed by atoms with Gasteiger partial charge in [-0.2, -0.15) is 0 Å². The van der Waals surface area contributed by atoms with Crippen LogP contribution in [0.1, 0.15) is 47.7 Å². The zero-order valence-corrected chi connectivity index (χ0v) is 20.0. The minimum atomic E-state index is -0.540. The predicted molar refractivity (Wildman–Crippen MR) is 122 cm³/mol. The number of aromatic nitrogens is 3. The smallest absolute Gasteiger partial charge is 0.410 e. The maximum absolute atomic E-state index is 12.6. The zero-order chi connectivity index (χ0) is 22.9.